The Bertz CT molecular complexity index is 538. The summed E-state index contributed by atoms with van der Waals surface area (Å²) in [6.07, 6.45) is 4.93. The lowest BCUT2D eigenvalue weighted by Gasteiger charge is -1.96. The average Bonchev–Trinajstić information content (AvgIpc) is 2.87. The van der Waals surface area contributed by atoms with Crippen LogP contribution in [-0.2, 0) is 11.2 Å². The van der Waals surface area contributed by atoms with Crippen molar-refractivity contribution < 1.29 is 4.79 Å². The maximum atomic E-state index is 11.6. The number of carbonyl (C=O) groups is 1. The molecule has 0 fully saturated rings. The normalized spacial score (nSPS) is 14.0. The Hall–Kier alpha value is -2.07. The van der Waals surface area contributed by atoms with Crippen LogP contribution < -0.4 is 0 Å². The van der Waals surface area contributed by atoms with Gasteiger partial charge >= 0.3 is 0 Å². The van der Waals surface area contributed by atoms with E-state index in [9.17, 15) is 4.79 Å². The summed E-state index contributed by atoms with van der Waals surface area (Å²) in [7, 11) is 0. The van der Waals surface area contributed by atoms with E-state index in [0.29, 0.717) is 0 Å². The van der Waals surface area contributed by atoms with Crippen LogP contribution in [0, 0.1) is 11.8 Å². The number of benzene rings is 1. The molecule has 0 radical (unpaired) electrons. The molecular weight excluding hydrogens is 220 g/mol. The van der Waals surface area contributed by atoms with Gasteiger partial charge in [-0.2, -0.15) is 0 Å². The van der Waals surface area contributed by atoms with Gasteiger partial charge < -0.3 is 0 Å². The van der Waals surface area contributed by atoms with E-state index in [1.165, 1.54) is 11.6 Å². The molecule has 0 unspecified atom stereocenters. The Labute approximate surface area is 108 Å². The lowest BCUT2D eigenvalue weighted by molar-refractivity contribution is -0.111. The maximum absolute atomic E-state index is 11.6. The highest BCUT2D eigenvalue weighted by Gasteiger charge is 2.17. The molecule has 0 N–H and O–H groups in total. The number of rotatable bonds is 3. The molecule has 1 nitrogen and oxygen atoms in total. The van der Waals surface area contributed by atoms with Gasteiger partial charge in [0.1, 0.15) is 0 Å². The van der Waals surface area contributed by atoms with Crippen molar-refractivity contribution in [3.8, 4) is 11.8 Å². The second-order valence-corrected chi connectivity index (χ2v) is 4.34. The first-order valence-electron chi connectivity index (χ1n) is 6.23. The fourth-order valence-corrected chi connectivity index (χ4v) is 2.13. The van der Waals surface area contributed by atoms with Crippen LogP contribution >= 0.6 is 0 Å². The van der Waals surface area contributed by atoms with Gasteiger partial charge in [-0.15, -0.1) is 0 Å². The summed E-state index contributed by atoms with van der Waals surface area (Å²) in [5, 5.41) is 0. The summed E-state index contributed by atoms with van der Waals surface area (Å²) in [5.74, 6) is 6.35. The molecular formula is C17H16O. The molecule has 1 aliphatic rings. The molecule has 0 saturated heterocycles. The summed E-state index contributed by atoms with van der Waals surface area (Å²) < 4.78 is 0. The number of carbonyl (C=O) groups excluding carboxylic acids is 1. The van der Waals surface area contributed by atoms with E-state index >= 15 is 0 Å². The molecule has 2 rings (SSSR count). The van der Waals surface area contributed by atoms with Crippen LogP contribution in [0.3, 0.4) is 0 Å². The van der Waals surface area contributed by atoms with Crippen LogP contribution in [0.2, 0.25) is 0 Å². The van der Waals surface area contributed by atoms with E-state index < -0.39 is 0 Å². The standard InChI is InChI=1S/C17H16O/c1-2-17(18)16-13-7-12-15(16)11-6-10-14-8-4-3-5-9-14/h2-5,8-9H,1,7,10,12-13H2. The molecule has 1 aliphatic carbocycles. The van der Waals surface area contributed by atoms with Gasteiger partial charge in [-0.25, -0.2) is 0 Å². The van der Waals surface area contributed by atoms with E-state index in [-0.39, 0.29) is 5.78 Å². The fraction of sp³-hybridized carbons (Fsp3) is 0.235. The van der Waals surface area contributed by atoms with Gasteiger partial charge in [0.15, 0.2) is 5.78 Å². The molecule has 0 amide bonds. The smallest absolute Gasteiger partial charge is 0.182 e. The van der Waals surface area contributed by atoms with Crippen LogP contribution in [-0.4, -0.2) is 5.78 Å². The second-order valence-electron chi connectivity index (χ2n) is 4.34. The summed E-state index contributed by atoms with van der Waals surface area (Å²) >= 11 is 0. The van der Waals surface area contributed by atoms with Crippen molar-refractivity contribution in [2.45, 2.75) is 25.7 Å². The summed E-state index contributed by atoms with van der Waals surface area (Å²) in [6, 6.07) is 10.1. The van der Waals surface area contributed by atoms with Crippen molar-refractivity contribution in [1.82, 2.24) is 0 Å². The molecule has 0 aliphatic heterocycles. The van der Waals surface area contributed by atoms with Crippen LogP contribution in [0.5, 0.6) is 0 Å². The predicted molar refractivity (Wildman–Crippen MR) is 74.0 cm³/mol. The van der Waals surface area contributed by atoms with E-state index in [1.54, 1.807) is 0 Å². The third kappa shape index (κ3) is 2.99. The Kier molecular flexibility index (Phi) is 4.15. The number of hydrogen-bond acceptors (Lipinski definition) is 1. The number of allylic oxidation sites excluding steroid dienone is 3. The van der Waals surface area contributed by atoms with Crippen molar-refractivity contribution in [3.63, 3.8) is 0 Å². The van der Waals surface area contributed by atoms with Gasteiger partial charge in [-0.05, 0) is 30.9 Å². The van der Waals surface area contributed by atoms with Crippen LogP contribution in [0.1, 0.15) is 24.8 Å². The second kappa shape index (κ2) is 6.02. The maximum Gasteiger partial charge on any atom is 0.182 e. The Morgan fingerprint density at radius 2 is 2.06 bits per heavy atom. The molecule has 90 valence electrons. The zero-order chi connectivity index (χ0) is 12.8. The summed E-state index contributed by atoms with van der Waals surface area (Å²) in [5.41, 5.74) is 3.08. The highest BCUT2D eigenvalue weighted by molar-refractivity contribution is 6.05. The first-order chi connectivity index (χ1) is 8.81. The average molecular weight is 236 g/mol. The predicted octanol–water partition coefficient (Wildman–Crippen LogP) is 3.47. The van der Waals surface area contributed by atoms with Gasteiger partial charge in [0.2, 0.25) is 0 Å². The monoisotopic (exact) mass is 236 g/mol. The van der Waals surface area contributed by atoms with Crippen molar-refractivity contribution >= 4 is 5.78 Å². The fourth-order valence-electron chi connectivity index (χ4n) is 2.13. The number of hydrogen-bond donors (Lipinski definition) is 0. The first kappa shape index (κ1) is 12.4. The van der Waals surface area contributed by atoms with Gasteiger partial charge in [0, 0.05) is 17.6 Å². The largest absolute Gasteiger partial charge is 0.290 e. The minimum Gasteiger partial charge on any atom is -0.290 e. The molecule has 1 heteroatoms. The molecule has 1 aromatic rings. The van der Waals surface area contributed by atoms with Crippen LogP contribution in [0.4, 0.5) is 0 Å². The molecule has 18 heavy (non-hydrogen) atoms. The third-order valence-electron chi connectivity index (χ3n) is 3.08. The molecule has 0 aromatic heterocycles. The SMILES string of the molecule is C=CC(=O)C1=C(C#CCc2ccccc2)CCC1. The Balaban J connectivity index is 2.10. The summed E-state index contributed by atoms with van der Waals surface area (Å²) in [4.78, 5) is 11.6. The highest BCUT2D eigenvalue weighted by atomic mass is 16.1. The lowest BCUT2D eigenvalue weighted by atomic mass is 10.1. The molecule has 0 atom stereocenters. The minimum atomic E-state index is 0.0384. The van der Waals surface area contributed by atoms with E-state index in [0.717, 1.165) is 36.8 Å². The zero-order valence-electron chi connectivity index (χ0n) is 10.4. The topological polar surface area (TPSA) is 17.1 Å². The molecule has 0 heterocycles. The van der Waals surface area contributed by atoms with Crippen LogP contribution in [0.25, 0.3) is 0 Å². The molecule has 1 aromatic carbocycles. The van der Waals surface area contributed by atoms with E-state index in [1.807, 2.05) is 18.2 Å². The Morgan fingerprint density at radius 1 is 1.28 bits per heavy atom. The first-order valence-corrected chi connectivity index (χ1v) is 6.23. The Morgan fingerprint density at radius 3 is 2.78 bits per heavy atom. The molecule has 0 saturated carbocycles. The van der Waals surface area contributed by atoms with Crippen molar-refractivity contribution in [3.05, 3.63) is 59.7 Å². The highest BCUT2D eigenvalue weighted by Crippen LogP contribution is 2.26. The quantitative estimate of drug-likeness (QED) is 0.580. The van der Waals surface area contributed by atoms with Crippen molar-refractivity contribution in [1.29, 1.82) is 0 Å². The van der Waals surface area contributed by atoms with Gasteiger partial charge in [0.25, 0.3) is 0 Å². The van der Waals surface area contributed by atoms with Crippen LogP contribution in [0.15, 0.2) is 54.1 Å². The minimum absolute atomic E-state index is 0.0384. The van der Waals surface area contributed by atoms with Crippen molar-refractivity contribution in [2.75, 3.05) is 0 Å². The van der Waals surface area contributed by atoms with Gasteiger partial charge in [0.05, 0.1) is 0 Å². The van der Waals surface area contributed by atoms with Gasteiger partial charge in [-0.3, -0.25) is 4.79 Å². The number of ketones is 1. The molecule has 0 bridgehead atoms. The summed E-state index contributed by atoms with van der Waals surface area (Å²) in [6.45, 7) is 3.54. The van der Waals surface area contributed by atoms with E-state index in [4.69, 9.17) is 0 Å². The molecule has 0 spiro atoms. The van der Waals surface area contributed by atoms with Gasteiger partial charge in [-0.1, -0.05) is 48.8 Å². The van der Waals surface area contributed by atoms with E-state index in [2.05, 4.69) is 30.6 Å². The van der Waals surface area contributed by atoms with Crippen molar-refractivity contribution in [2.24, 2.45) is 0 Å². The third-order valence-corrected chi connectivity index (χ3v) is 3.08. The zero-order valence-corrected chi connectivity index (χ0v) is 10.4. The lowest BCUT2D eigenvalue weighted by Crippen LogP contribution is -1.96.